The Morgan fingerprint density at radius 1 is 1.03 bits per heavy atom. The number of carbonyl (C=O) groups excluding carboxylic acids is 2. The van der Waals surface area contributed by atoms with Crippen molar-refractivity contribution in [1.29, 1.82) is 0 Å². The third-order valence-corrected chi connectivity index (χ3v) is 7.08. The van der Waals surface area contributed by atoms with Crippen molar-refractivity contribution in [2.45, 2.75) is 62.9 Å². The van der Waals surface area contributed by atoms with Crippen LogP contribution in [0.3, 0.4) is 0 Å². The van der Waals surface area contributed by atoms with Crippen molar-refractivity contribution in [2.24, 2.45) is 5.73 Å². The van der Waals surface area contributed by atoms with Gasteiger partial charge in [0.15, 0.2) is 12.1 Å². The summed E-state index contributed by atoms with van der Waals surface area (Å²) in [5, 5.41) is 43.0. The first kappa shape index (κ1) is 23.7. The van der Waals surface area contributed by atoms with E-state index in [2.05, 4.69) is 0 Å². The Balaban J connectivity index is 1.62. The summed E-state index contributed by atoms with van der Waals surface area (Å²) in [6, 6.07) is 3.94. The molecular weight excluding hydrogens is 458 g/mol. The number of phenols is 2. The molecule has 6 N–H and O–H groups in total. The molecule has 1 aliphatic heterocycles. The smallest absolute Gasteiger partial charge is 0.202 e. The van der Waals surface area contributed by atoms with Gasteiger partial charge in [-0.15, -0.1) is 0 Å². The number of nitrogens with two attached hydrogens (primary N) is 1. The maximum absolute atomic E-state index is 13.5. The van der Waals surface area contributed by atoms with E-state index in [1.165, 1.54) is 19.2 Å². The first-order valence-electron chi connectivity index (χ1n) is 11.4. The van der Waals surface area contributed by atoms with Crippen molar-refractivity contribution in [2.75, 3.05) is 7.11 Å². The molecule has 0 aromatic heterocycles. The summed E-state index contributed by atoms with van der Waals surface area (Å²) in [6.45, 7) is 1.65. The van der Waals surface area contributed by atoms with Gasteiger partial charge in [-0.05, 0) is 13.0 Å². The lowest BCUT2D eigenvalue weighted by molar-refractivity contribution is -0.244. The highest BCUT2D eigenvalue weighted by atomic mass is 16.7. The second kappa shape index (κ2) is 8.58. The first-order chi connectivity index (χ1) is 16.6. The molecule has 0 bridgehead atoms. The lowest BCUT2D eigenvalue weighted by Gasteiger charge is -2.39. The van der Waals surface area contributed by atoms with Crippen LogP contribution in [0, 0.1) is 0 Å². The Bertz CT molecular complexity index is 1210. The molecule has 1 saturated heterocycles. The van der Waals surface area contributed by atoms with Gasteiger partial charge >= 0.3 is 0 Å². The Morgan fingerprint density at radius 3 is 2.43 bits per heavy atom. The summed E-state index contributed by atoms with van der Waals surface area (Å²) in [7, 11) is 1.37. The van der Waals surface area contributed by atoms with Crippen LogP contribution in [0.4, 0.5) is 0 Å². The molecule has 6 atom stereocenters. The van der Waals surface area contributed by atoms with Crippen LogP contribution in [0.15, 0.2) is 18.2 Å². The number of aliphatic hydroxyl groups is 2. The number of carbonyl (C=O) groups is 2. The molecule has 1 fully saturated rings. The fourth-order valence-electron chi connectivity index (χ4n) is 5.34. The maximum atomic E-state index is 13.5. The monoisotopic (exact) mass is 485 g/mol. The molecule has 3 aliphatic rings. The van der Waals surface area contributed by atoms with E-state index in [-0.39, 0.29) is 58.4 Å². The Hall–Kier alpha value is -3.02. The number of ether oxygens (including phenoxy) is 3. The van der Waals surface area contributed by atoms with Gasteiger partial charge in [-0.25, -0.2) is 0 Å². The highest BCUT2D eigenvalue weighted by Crippen LogP contribution is 2.50. The molecule has 186 valence electrons. The SMILES string of the molecule is COc1cccc2c1C(=O)c1c(O)c3c(c(O)c1C2=O)C[C@H](O)C[C@@H]3OC1CC(N)C(O)C(C)O1. The van der Waals surface area contributed by atoms with Crippen molar-refractivity contribution in [1.82, 2.24) is 0 Å². The van der Waals surface area contributed by atoms with Gasteiger partial charge in [-0.2, -0.15) is 0 Å². The summed E-state index contributed by atoms with van der Waals surface area (Å²) >= 11 is 0. The second-order valence-corrected chi connectivity index (χ2v) is 9.26. The normalized spacial score (nSPS) is 29.9. The van der Waals surface area contributed by atoms with E-state index in [1.807, 2.05) is 0 Å². The van der Waals surface area contributed by atoms with Gasteiger partial charge in [-0.3, -0.25) is 9.59 Å². The number of ketones is 2. The zero-order chi connectivity index (χ0) is 25.2. The molecule has 0 amide bonds. The van der Waals surface area contributed by atoms with Gasteiger partial charge in [0.05, 0.1) is 48.2 Å². The number of rotatable bonds is 3. The van der Waals surface area contributed by atoms with Gasteiger partial charge in [0.25, 0.3) is 0 Å². The van der Waals surface area contributed by atoms with Gasteiger partial charge in [0.1, 0.15) is 17.2 Å². The fraction of sp³-hybridized carbons (Fsp3) is 0.440. The highest BCUT2D eigenvalue weighted by molar-refractivity contribution is 6.31. The largest absolute Gasteiger partial charge is 0.507 e. The molecular formula is C25H27NO9. The standard InChI is InChI=1S/C25H27NO9/c1-9-21(28)13(26)8-16(34-9)35-15-7-10(27)6-12-18(15)25(32)20-19(23(12)30)22(29)11-4-3-5-14(33-2)17(11)24(20)31/h3-5,9-10,13,15-16,21,27-28,30,32H,6-8,26H2,1-2H3/t9?,10-,13?,15-,16?,21?/m0/s1. The van der Waals surface area contributed by atoms with Gasteiger partial charge in [-0.1, -0.05) is 12.1 Å². The van der Waals surface area contributed by atoms with E-state index in [1.54, 1.807) is 13.0 Å². The zero-order valence-electron chi connectivity index (χ0n) is 19.2. The summed E-state index contributed by atoms with van der Waals surface area (Å²) < 4.78 is 17.0. The number of aromatic hydroxyl groups is 2. The Labute approximate surface area is 200 Å². The summed E-state index contributed by atoms with van der Waals surface area (Å²) in [4.78, 5) is 26.8. The van der Waals surface area contributed by atoms with Crippen molar-refractivity contribution >= 4 is 11.6 Å². The minimum absolute atomic E-state index is 0.000127. The summed E-state index contributed by atoms with van der Waals surface area (Å²) in [6.07, 6.45) is -4.09. The summed E-state index contributed by atoms with van der Waals surface area (Å²) in [5.74, 6) is -2.10. The van der Waals surface area contributed by atoms with E-state index >= 15 is 0 Å². The van der Waals surface area contributed by atoms with Crippen molar-refractivity contribution in [3.05, 3.63) is 51.6 Å². The molecule has 4 unspecified atom stereocenters. The number of benzene rings is 2. The lowest BCUT2D eigenvalue weighted by atomic mass is 9.76. The maximum Gasteiger partial charge on any atom is 0.202 e. The molecule has 0 saturated carbocycles. The topological polar surface area (TPSA) is 169 Å². The lowest BCUT2D eigenvalue weighted by Crippen LogP contribution is -2.52. The molecule has 1 heterocycles. The number of methoxy groups -OCH3 is 1. The van der Waals surface area contributed by atoms with E-state index in [9.17, 15) is 30.0 Å². The molecule has 35 heavy (non-hydrogen) atoms. The van der Waals surface area contributed by atoms with Crippen molar-refractivity contribution in [3.8, 4) is 17.2 Å². The molecule has 10 nitrogen and oxygen atoms in total. The fourth-order valence-corrected chi connectivity index (χ4v) is 5.34. The van der Waals surface area contributed by atoms with Crippen LogP contribution >= 0.6 is 0 Å². The molecule has 5 rings (SSSR count). The number of fused-ring (bicyclic) bond motifs is 3. The molecule has 0 spiro atoms. The van der Waals surface area contributed by atoms with Crippen LogP contribution in [0.5, 0.6) is 17.2 Å². The first-order valence-corrected chi connectivity index (χ1v) is 11.4. The predicted molar refractivity (Wildman–Crippen MR) is 121 cm³/mol. The average molecular weight is 485 g/mol. The molecule has 2 aromatic rings. The number of aliphatic hydroxyl groups excluding tert-OH is 2. The van der Waals surface area contributed by atoms with Crippen molar-refractivity contribution < 1.29 is 44.2 Å². The van der Waals surface area contributed by atoms with E-state index < -0.39 is 59.8 Å². The number of phenolic OH excluding ortho intramolecular Hbond substituents is 2. The number of hydrogen-bond acceptors (Lipinski definition) is 10. The van der Waals surface area contributed by atoms with Crippen LogP contribution in [0.25, 0.3) is 0 Å². The number of hydrogen-bond donors (Lipinski definition) is 5. The molecule has 2 aliphatic carbocycles. The van der Waals surface area contributed by atoms with Crippen LogP contribution in [-0.4, -0.2) is 69.7 Å². The van der Waals surface area contributed by atoms with E-state index in [4.69, 9.17) is 19.9 Å². The van der Waals surface area contributed by atoms with Crippen LogP contribution in [0.1, 0.15) is 68.8 Å². The third-order valence-electron chi connectivity index (χ3n) is 7.08. The van der Waals surface area contributed by atoms with E-state index in [0.29, 0.717) is 0 Å². The van der Waals surface area contributed by atoms with Crippen LogP contribution in [-0.2, 0) is 15.9 Å². The Kier molecular flexibility index (Phi) is 5.81. The Morgan fingerprint density at radius 2 is 1.74 bits per heavy atom. The van der Waals surface area contributed by atoms with Crippen LogP contribution in [0.2, 0.25) is 0 Å². The minimum Gasteiger partial charge on any atom is -0.507 e. The average Bonchev–Trinajstić information content (AvgIpc) is 2.82. The van der Waals surface area contributed by atoms with Crippen LogP contribution < -0.4 is 10.5 Å². The van der Waals surface area contributed by atoms with Gasteiger partial charge < -0.3 is 40.4 Å². The second-order valence-electron chi connectivity index (χ2n) is 9.26. The molecule has 2 aromatic carbocycles. The highest BCUT2D eigenvalue weighted by Gasteiger charge is 2.44. The minimum atomic E-state index is -0.966. The van der Waals surface area contributed by atoms with Gasteiger partial charge in [0, 0.05) is 42.0 Å². The summed E-state index contributed by atoms with van der Waals surface area (Å²) in [5.41, 5.74) is 5.64. The van der Waals surface area contributed by atoms with Gasteiger partial charge in [0.2, 0.25) is 5.78 Å². The van der Waals surface area contributed by atoms with Crippen molar-refractivity contribution in [3.63, 3.8) is 0 Å². The third kappa shape index (κ3) is 3.60. The molecule has 0 radical (unpaired) electrons. The molecule has 10 heteroatoms. The predicted octanol–water partition coefficient (Wildman–Crippen LogP) is 1.07. The zero-order valence-corrected chi connectivity index (χ0v) is 19.2. The van der Waals surface area contributed by atoms with E-state index in [0.717, 1.165) is 0 Å². The quantitative estimate of drug-likeness (QED) is 0.338.